The summed E-state index contributed by atoms with van der Waals surface area (Å²) in [4.78, 5) is 50.7. The molecule has 0 bridgehead atoms. The molecule has 1 aromatic carbocycles. The Hall–Kier alpha value is -4.04. The Morgan fingerprint density at radius 2 is 1.85 bits per heavy atom. The zero-order valence-electron chi connectivity index (χ0n) is 31.0. The predicted molar refractivity (Wildman–Crippen MR) is 205 cm³/mol. The summed E-state index contributed by atoms with van der Waals surface area (Å²) < 4.78 is 40.8. The fourth-order valence-corrected chi connectivity index (χ4v) is 9.78. The van der Waals surface area contributed by atoms with E-state index in [1.54, 1.807) is 7.11 Å². The summed E-state index contributed by atoms with van der Waals surface area (Å²) in [5.41, 5.74) is 1.73. The van der Waals surface area contributed by atoms with Gasteiger partial charge in [-0.05, 0) is 63.5 Å². The van der Waals surface area contributed by atoms with Crippen LogP contribution in [0.5, 0.6) is 11.5 Å². The molecule has 286 valence electrons. The minimum Gasteiger partial charge on any atom is -0.496 e. The molecule has 2 fully saturated rings. The molecule has 0 unspecified atom stereocenters. The highest BCUT2D eigenvalue weighted by molar-refractivity contribution is 7.90. The van der Waals surface area contributed by atoms with Gasteiger partial charge in [0.15, 0.2) is 0 Å². The largest absolute Gasteiger partial charge is 0.496 e. The van der Waals surface area contributed by atoms with Gasteiger partial charge in [-0.1, -0.05) is 51.7 Å². The maximum absolute atomic E-state index is 14.0. The SMILES string of the molecule is COc1ccc2c(OCC[C@@H]3NC(=O)CCCCCC=C[C@@H]4C[C@@]4(C(=O)NS(=O)(=O)C4CCCCC4)NC3=O)cc(-c3nc(C(C)C)cs3)nc2c1C. The number of fused-ring (bicyclic) bond motifs is 2. The standard InChI is InChI=1S/C39H51N5O7S2/c1-24(2)31-23-52-37(42-31)30-21-33(28-17-18-32(50-4)25(3)35(28)41-30)51-20-19-29-36(46)43-39(38(47)44-53(48,49)27-14-10-8-11-15-27)22-26(39)13-9-6-5-7-12-16-34(45)40-29/h9,13,17-18,21,23-24,26-27,29H,5-8,10-12,14-16,19-20,22H2,1-4H3,(H,40,45)(H,43,46)(H,44,47)/t26-,29+,39-/m1/s1. The van der Waals surface area contributed by atoms with Crippen molar-refractivity contribution in [2.75, 3.05) is 13.7 Å². The lowest BCUT2D eigenvalue weighted by atomic mass is 10.0. The number of sulfonamides is 1. The summed E-state index contributed by atoms with van der Waals surface area (Å²) in [5, 5.41) is 8.67. The Bertz CT molecular complexity index is 1970. The van der Waals surface area contributed by atoms with Crippen molar-refractivity contribution in [2.45, 2.75) is 121 Å². The second kappa shape index (κ2) is 16.5. The number of rotatable bonds is 10. The van der Waals surface area contributed by atoms with E-state index in [1.807, 2.05) is 42.7 Å². The van der Waals surface area contributed by atoms with Crippen LogP contribution in [0.3, 0.4) is 0 Å². The Kier molecular flexibility index (Phi) is 12.1. The Balaban J connectivity index is 1.24. The average Bonchev–Trinajstić information content (AvgIpc) is 3.59. The minimum absolute atomic E-state index is 0.0513. The number of nitrogens with zero attached hydrogens (tertiary/aromatic N) is 2. The summed E-state index contributed by atoms with van der Waals surface area (Å²) >= 11 is 1.51. The molecule has 3 amide bonds. The summed E-state index contributed by atoms with van der Waals surface area (Å²) in [6.45, 7) is 6.16. The number of hydrogen-bond donors (Lipinski definition) is 3. The van der Waals surface area contributed by atoms with Crippen LogP contribution >= 0.6 is 11.3 Å². The first-order valence-electron chi connectivity index (χ1n) is 18.8. The highest BCUT2D eigenvalue weighted by Gasteiger charge is 2.61. The number of methoxy groups -OCH3 is 1. The molecule has 1 aliphatic heterocycles. The zero-order chi connectivity index (χ0) is 37.8. The lowest BCUT2D eigenvalue weighted by molar-refractivity contribution is -0.132. The number of aromatic nitrogens is 2. The number of pyridine rings is 1. The van der Waals surface area contributed by atoms with Gasteiger partial charge in [0.05, 0.1) is 30.2 Å². The molecular formula is C39H51N5O7S2. The molecule has 2 aliphatic carbocycles. The lowest BCUT2D eigenvalue weighted by Gasteiger charge is -2.26. The highest BCUT2D eigenvalue weighted by atomic mass is 32.2. The van der Waals surface area contributed by atoms with Crippen LogP contribution in [0.2, 0.25) is 0 Å². The van der Waals surface area contributed by atoms with Gasteiger partial charge in [-0.25, -0.2) is 18.4 Å². The van der Waals surface area contributed by atoms with Crippen LogP contribution < -0.4 is 24.8 Å². The van der Waals surface area contributed by atoms with E-state index in [4.69, 9.17) is 19.4 Å². The molecular weight excluding hydrogens is 715 g/mol. The van der Waals surface area contributed by atoms with E-state index in [0.717, 1.165) is 60.2 Å². The quantitative estimate of drug-likeness (QED) is 0.203. The van der Waals surface area contributed by atoms with Gasteiger partial charge < -0.3 is 20.1 Å². The first kappa shape index (κ1) is 38.7. The molecule has 12 nitrogen and oxygen atoms in total. The molecule has 2 saturated carbocycles. The van der Waals surface area contributed by atoms with Crippen molar-refractivity contribution in [3.05, 3.63) is 47.0 Å². The Morgan fingerprint density at radius 1 is 1.08 bits per heavy atom. The number of hydrogen-bond acceptors (Lipinski definition) is 10. The van der Waals surface area contributed by atoms with Crippen molar-refractivity contribution in [3.63, 3.8) is 0 Å². The number of thiazole rings is 1. The fourth-order valence-electron chi connectivity index (χ4n) is 7.27. The van der Waals surface area contributed by atoms with Crippen molar-refractivity contribution >= 4 is 50.0 Å². The molecule has 14 heteroatoms. The molecule has 3 atom stereocenters. The number of aryl methyl sites for hydroxylation is 1. The normalized spacial score (nSPS) is 23.1. The van der Waals surface area contributed by atoms with Crippen LogP contribution in [0, 0.1) is 12.8 Å². The van der Waals surface area contributed by atoms with E-state index < -0.39 is 38.7 Å². The first-order valence-corrected chi connectivity index (χ1v) is 21.3. The highest BCUT2D eigenvalue weighted by Crippen LogP contribution is 2.46. The van der Waals surface area contributed by atoms with Gasteiger partial charge in [-0.2, -0.15) is 0 Å². The Labute approximate surface area is 316 Å². The molecule has 0 radical (unpaired) electrons. The molecule has 3 aromatic rings. The van der Waals surface area contributed by atoms with Gasteiger partial charge in [0.1, 0.15) is 33.8 Å². The lowest BCUT2D eigenvalue weighted by Crippen LogP contribution is -2.57. The molecule has 3 heterocycles. The number of carbonyl (C=O) groups is 3. The second-order valence-corrected chi connectivity index (χ2v) is 17.6. The van der Waals surface area contributed by atoms with Crippen LogP contribution in [0.4, 0.5) is 0 Å². The third-order valence-corrected chi connectivity index (χ3v) is 13.4. The van der Waals surface area contributed by atoms with Crippen molar-refractivity contribution in [3.8, 4) is 22.2 Å². The van der Waals surface area contributed by atoms with E-state index in [9.17, 15) is 22.8 Å². The average molecular weight is 766 g/mol. The number of ether oxygens (including phenoxy) is 2. The van der Waals surface area contributed by atoms with E-state index in [0.29, 0.717) is 42.0 Å². The van der Waals surface area contributed by atoms with Gasteiger partial charge in [0, 0.05) is 41.2 Å². The van der Waals surface area contributed by atoms with Crippen LogP contribution in [0.1, 0.15) is 108 Å². The zero-order valence-corrected chi connectivity index (χ0v) is 32.7. The number of allylic oxidation sites excluding steroid dienone is 1. The molecule has 3 N–H and O–H groups in total. The van der Waals surface area contributed by atoms with Gasteiger partial charge in [-0.15, -0.1) is 11.3 Å². The van der Waals surface area contributed by atoms with E-state index in [1.165, 1.54) is 11.3 Å². The Morgan fingerprint density at radius 3 is 2.58 bits per heavy atom. The number of carbonyl (C=O) groups excluding carboxylic acids is 3. The fraction of sp³-hybridized carbons (Fsp3) is 0.564. The monoisotopic (exact) mass is 765 g/mol. The van der Waals surface area contributed by atoms with E-state index in [2.05, 4.69) is 29.2 Å². The first-order chi connectivity index (χ1) is 25.4. The molecule has 6 rings (SSSR count). The van der Waals surface area contributed by atoms with Gasteiger partial charge >= 0.3 is 0 Å². The summed E-state index contributed by atoms with van der Waals surface area (Å²) in [5.74, 6) is -0.450. The second-order valence-electron chi connectivity index (χ2n) is 14.8. The van der Waals surface area contributed by atoms with Crippen molar-refractivity contribution in [1.29, 1.82) is 0 Å². The molecule has 2 aromatic heterocycles. The minimum atomic E-state index is -3.92. The summed E-state index contributed by atoms with van der Waals surface area (Å²) in [6, 6.07) is 4.56. The molecule has 3 aliphatic rings. The van der Waals surface area contributed by atoms with Crippen LogP contribution in [0.25, 0.3) is 21.6 Å². The third kappa shape index (κ3) is 8.86. The molecule has 0 saturated heterocycles. The summed E-state index contributed by atoms with van der Waals surface area (Å²) in [7, 11) is -2.31. The maximum Gasteiger partial charge on any atom is 0.259 e. The number of nitrogens with one attached hydrogen (secondary N) is 3. The van der Waals surface area contributed by atoms with Gasteiger partial charge in [-0.3, -0.25) is 19.1 Å². The van der Waals surface area contributed by atoms with Gasteiger partial charge in [0.2, 0.25) is 21.8 Å². The van der Waals surface area contributed by atoms with Crippen molar-refractivity contribution < 1.29 is 32.3 Å². The number of benzene rings is 1. The van der Waals surface area contributed by atoms with Crippen molar-refractivity contribution in [2.24, 2.45) is 5.92 Å². The third-order valence-electron chi connectivity index (χ3n) is 10.7. The predicted octanol–water partition coefficient (Wildman–Crippen LogP) is 6.23. The van der Waals surface area contributed by atoms with Crippen LogP contribution in [-0.4, -0.2) is 66.7 Å². The smallest absolute Gasteiger partial charge is 0.259 e. The van der Waals surface area contributed by atoms with Crippen LogP contribution in [-0.2, 0) is 24.4 Å². The van der Waals surface area contributed by atoms with Crippen LogP contribution in [0.15, 0.2) is 35.7 Å². The van der Waals surface area contributed by atoms with Crippen molar-refractivity contribution in [1.82, 2.24) is 25.3 Å². The maximum atomic E-state index is 14.0. The molecule has 53 heavy (non-hydrogen) atoms. The number of amides is 3. The van der Waals surface area contributed by atoms with E-state index in [-0.39, 0.29) is 43.6 Å². The molecule has 0 spiro atoms. The summed E-state index contributed by atoms with van der Waals surface area (Å²) in [6.07, 6.45) is 11.3. The van der Waals surface area contributed by atoms with Gasteiger partial charge in [0.25, 0.3) is 5.91 Å². The topological polar surface area (TPSA) is 166 Å². The van der Waals surface area contributed by atoms with E-state index >= 15 is 0 Å².